The van der Waals surface area contributed by atoms with Gasteiger partial charge in [-0.2, -0.15) is 0 Å². The molecule has 1 aromatic rings. The molecular weight excluding hydrogens is 320 g/mol. The van der Waals surface area contributed by atoms with E-state index in [0.29, 0.717) is 13.2 Å². The van der Waals surface area contributed by atoms with Crippen molar-refractivity contribution < 1.29 is 19.1 Å². The Morgan fingerprint density at radius 2 is 2.00 bits per heavy atom. The number of amides is 1. The zero-order chi connectivity index (χ0) is 18.5. The van der Waals surface area contributed by atoms with Crippen LogP contribution in [0.2, 0.25) is 0 Å². The molecule has 0 saturated carbocycles. The van der Waals surface area contributed by atoms with E-state index < -0.39 is 23.3 Å². The summed E-state index contributed by atoms with van der Waals surface area (Å²) in [5.41, 5.74) is -0.561. The van der Waals surface area contributed by atoms with Crippen LogP contribution in [0.4, 0.5) is 4.79 Å². The fourth-order valence-corrected chi connectivity index (χ4v) is 2.76. The monoisotopic (exact) mass is 348 g/mol. The largest absolute Gasteiger partial charge is 0.444 e. The van der Waals surface area contributed by atoms with E-state index in [0.717, 1.165) is 19.4 Å². The molecule has 1 fully saturated rings. The first kappa shape index (κ1) is 19.4. The minimum absolute atomic E-state index is 0.435. The quantitative estimate of drug-likeness (QED) is 0.828. The molecule has 2 rings (SSSR count). The zero-order valence-corrected chi connectivity index (χ0v) is 15.5. The molecule has 1 aliphatic heterocycles. The van der Waals surface area contributed by atoms with Crippen LogP contribution in [0, 0.1) is 0 Å². The Labute approximate surface area is 149 Å². The SMILES string of the molecule is CC(C)(C)OC(=O)NC(C)(C=O)C1CN(Cc2ccccc2)CCO1. The summed E-state index contributed by atoms with van der Waals surface area (Å²) in [6, 6.07) is 10.1. The highest BCUT2D eigenvalue weighted by molar-refractivity contribution is 5.77. The molecule has 2 unspecified atom stereocenters. The Morgan fingerprint density at radius 1 is 1.32 bits per heavy atom. The topological polar surface area (TPSA) is 67.9 Å². The van der Waals surface area contributed by atoms with Crippen molar-refractivity contribution in [3.63, 3.8) is 0 Å². The summed E-state index contributed by atoms with van der Waals surface area (Å²) in [5.74, 6) is 0. The van der Waals surface area contributed by atoms with Gasteiger partial charge in [-0.05, 0) is 33.3 Å². The summed E-state index contributed by atoms with van der Waals surface area (Å²) in [6.45, 7) is 9.64. The smallest absolute Gasteiger partial charge is 0.408 e. The predicted molar refractivity (Wildman–Crippen MR) is 95.3 cm³/mol. The highest BCUT2D eigenvalue weighted by atomic mass is 16.6. The van der Waals surface area contributed by atoms with Crippen LogP contribution in [-0.2, 0) is 20.8 Å². The van der Waals surface area contributed by atoms with Gasteiger partial charge in [-0.15, -0.1) is 0 Å². The first-order valence-corrected chi connectivity index (χ1v) is 8.57. The Kier molecular flexibility index (Phi) is 6.19. The first-order valence-electron chi connectivity index (χ1n) is 8.57. The standard InChI is InChI=1S/C19H28N2O4/c1-18(2,3)25-17(23)20-19(4,14-22)16-13-21(10-11-24-16)12-15-8-6-5-7-9-15/h5-9,14,16H,10-13H2,1-4H3,(H,20,23). The van der Waals surface area contributed by atoms with Crippen LogP contribution in [0.1, 0.15) is 33.3 Å². The van der Waals surface area contributed by atoms with E-state index in [9.17, 15) is 9.59 Å². The molecule has 1 amide bonds. The molecule has 1 saturated heterocycles. The number of aldehydes is 1. The fraction of sp³-hybridized carbons (Fsp3) is 0.579. The average molecular weight is 348 g/mol. The minimum atomic E-state index is -1.14. The molecule has 0 radical (unpaired) electrons. The number of nitrogens with one attached hydrogen (secondary N) is 1. The molecule has 1 aliphatic rings. The van der Waals surface area contributed by atoms with Crippen molar-refractivity contribution in [1.82, 2.24) is 10.2 Å². The fourth-order valence-electron chi connectivity index (χ4n) is 2.76. The number of rotatable bonds is 5. The highest BCUT2D eigenvalue weighted by Gasteiger charge is 2.40. The number of hydrogen-bond donors (Lipinski definition) is 1. The molecule has 138 valence electrons. The van der Waals surface area contributed by atoms with Gasteiger partial charge in [-0.25, -0.2) is 4.79 Å². The minimum Gasteiger partial charge on any atom is -0.444 e. The van der Waals surface area contributed by atoms with Gasteiger partial charge in [0.2, 0.25) is 0 Å². The molecule has 0 spiro atoms. The summed E-state index contributed by atoms with van der Waals surface area (Å²) >= 11 is 0. The van der Waals surface area contributed by atoms with Crippen LogP contribution in [0.15, 0.2) is 30.3 Å². The Hall–Kier alpha value is -1.92. The number of ether oxygens (including phenoxy) is 2. The van der Waals surface area contributed by atoms with Gasteiger partial charge in [0.1, 0.15) is 17.4 Å². The van der Waals surface area contributed by atoms with Crippen LogP contribution in [0.5, 0.6) is 0 Å². The number of benzene rings is 1. The molecule has 6 nitrogen and oxygen atoms in total. The van der Waals surface area contributed by atoms with Crippen molar-refractivity contribution >= 4 is 12.4 Å². The van der Waals surface area contributed by atoms with Gasteiger partial charge in [-0.3, -0.25) is 4.90 Å². The van der Waals surface area contributed by atoms with Gasteiger partial charge >= 0.3 is 6.09 Å². The highest BCUT2D eigenvalue weighted by Crippen LogP contribution is 2.19. The van der Waals surface area contributed by atoms with Crippen molar-refractivity contribution in [3.8, 4) is 0 Å². The van der Waals surface area contributed by atoms with Crippen molar-refractivity contribution in [2.24, 2.45) is 0 Å². The van der Waals surface area contributed by atoms with E-state index in [4.69, 9.17) is 9.47 Å². The van der Waals surface area contributed by atoms with Crippen LogP contribution in [0.3, 0.4) is 0 Å². The van der Waals surface area contributed by atoms with E-state index in [1.54, 1.807) is 27.7 Å². The van der Waals surface area contributed by atoms with Gasteiger partial charge in [-0.1, -0.05) is 30.3 Å². The molecule has 0 aromatic heterocycles. The second-order valence-electron chi connectivity index (χ2n) is 7.61. The van der Waals surface area contributed by atoms with E-state index >= 15 is 0 Å². The Balaban J connectivity index is 2.01. The lowest BCUT2D eigenvalue weighted by Crippen LogP contribution is -2.62. The second-order valence-corrected chi connectivity index (χ2v) is 7.61. The summed E-state index contributed by atoms with van der Waals surface area (Å²) < 4.78 is 11.1. The number of nitrogens with zero attached hydrogens (tertiary/aromatic N) is 1. The summed E-state index contributed by atoms with van der Waals surface area (Å²) in [6.07, 6.45) is -0.325. The van der Waals surface area contributed by atoms with Crippen molar-refractivity contribution in [3.05, 3.63) is 35.9 Å². The van der Waals surface area contributed by atoms with Crippen LogP contribution >= 0.6 is 0 Å². The summed E-state index contributed by atoms with van der Waals surface area (Å²) in [4.78, 5) is 26.0. The molecule has 6 heteroatoms. The van der Waals surface area contributed by atoms with E-state index in [1.807, 2.05) is 18.2 Å². The maximum atomic E-state index is 12.1. The molecule has 1 heterocycles. The number of morpholine rings is 1. The first-order chi connectivity index (χ1) is 11.7. The van der Waals surface area contributed by atoms with Gasteiger partial charge in [0.25, 0.3) is 0 Å². The lowest BCUT2D eigenvalue weighted by atomic mass is 9.95. The van der Waals surface area contributed by atoms with Gasteiger partial charge in [0.15, 0.2) is 0 Å². The van der Waals surface area contributed by atoms with E-state index in [-0.39, 0.29) is 0 Å². The maximum Gasteiger partial charge on any atom is 0.408 e. The Bertz CT molecular complexity index is 585. The van der Waals surface area contributed by atoms with Crippen molar-refractivity contribution in [2.75, 3.05) is 19.7 Å². The summed E-state index contributed by atoms with van der Waals surface area (Å²) in [5, 5.41) is 2.67. The number of carbonyl (C=O) groups is 2. The maximum absolute atomic E-state index is 12.1. The third-order valence-corrected chi connectivity index (χ3v) is 4.08. The molecular formula is C19H28N2O4. The molecule has 0 aliphatic carbocycles. The third-order valence-electron chi connectivity index (χ3n) is 4.08. The van der Waals surface area contributed by atoms with Crippen LogP contribution in [0.25, 0.3) is 0 Å². The zero-order valence-electron chi connectivity index (χ0n) is 15.5. The lowest BCUT2D eigenvalue weighted by molar-refractivity contribution is -0.125. The molecule has 2 atom stereocenters. The normalized spacial score (nSPS) is 21.2. The van der Waals surface area contributed by atoms with Crippen LogP contribution in [-0.4, -0.2) is 54.2 Å². The average Bonchev–Trinajstić information content (AvgIpc) is 2.54. The number of carbonyl (C=O) groups excluding carboxylic acids is 2. The lowest BCUT2D eigenvalue weighted by Gasteiger charge is -2.40. The van der Waals surface area contributed by atoms with Gasteiger partial charge in [0, 0.05) is 19.6 Å². The Morgan fingerprint density at radius 3 is 2.60 bits per heavy atom. The van der Waals surface area contributed by atoms with Gasteiger partial charge < -0.3 is 19.6 Å². The molecule has 1 N–H and O–H groups in total. The number of alkyl carbamates (subject to hydrolysis) is 1. The molecule has 0 bridgehead atoms. The van der Waals surface area contributed by atoms with Gasteiger partial charge in [0.05, 0.1) is 12.7 Å². The van der Waals surface area contributed by atoms with Crippen LogP contribution < -0.4 is 5.32 Å². The van der Waals surface area contributed by atoms with E-state index in [1.165, 1.54) is 5.56 Å². The number of hydrogen-bond acceptors (Lipinski definition) is 5. The van der Waals surface area contributed by atoms with E-state index in [2.05, 4.69) is 22.3 Å². The van der Waals surface area contributed by atoms with Crippen molar-refractivity contribution in [2.45, 2.75) is 51.5 Å². The molecule has 1 aromatic carbocycles. The summed E-state index contributed by atoms with van der Waals surface area (Å²) in [7, 11) is 0. The third kappa shape index (κ3) is 5.83. The second kappa shape index (κ2) is 7.97. The molecule has 25 heavy (non-hydrogen) atoms. The van der Waals surface area contributed by atoms with Crippen molar-refractivity contribution in [1.29, 1.82) is 0 Å². The predicted octanol–water partition coefficient (Wildman–Crippen LogP) is 2.37.